The third-order valence-corrected chi connectivity index (χ3v) is 4.04. The lowest BCUT2D eigenvalue weighted by Crippen LogP contribution is -2.37. The van der Waals surface area contributed by atoms with E-state index in [0.29, 0.717) is 18.0 Å². The molecule has 7 heteroatoms. The van der Waals surface area contributed by atoms with Crippen LogP contribution in [0.25, 0.3) is 0 Å². The van der Waals surface area contributed by atoms with Crippen LogP contribution in [-0.2, 0) is 16.0 Å². The predicted octanol–water partition coefficient (Wildman–Crippen LogP) is 2.86. The van der Waals surface area contributed by atoms with Gasteiger partial charge in [-0.25, -0.2) is 4.39 Å². The van der Waals surface area contributed by atoms with E-state index in [9.17, 15) is 4.39 Å². The maximum atomic E-state index is 13.3. The van der Waals surface area contributed by atoms with Crippen LogP contribution in [0.2, 0.25) is 0 Å². The summed E-state index contributed by atoms with van der Waals surface area (Å²) in [5, 5.41) is 6.48. The van der Waals surface area contributed by atoms with E-state index in [1.165, 1.54) is 6.07 Å². The average Bonchev–Trinajstić information content (AvgIpc) is 3.10. The van der Waals surface area contributed by atoms with Gasteiger partial charge in [0.2, 0.25) is 0 Å². The number of guanidine groups is 1. The fourth-order valence-corrected chi connectivity index (χ4v) is 2.57. The molecule has 0 bridgehead atoms. The molecule has 1 saturated heterocycles. The quantitative estimate of drug-likeness (QED) is 0.269. The molecule has 1 atom stereocenters. The minimum absolute atomic E-state index is 0. The Balaban J connectivity index is 0.00000312. The summed E-state index contributed by atoms with van der Waals surface area (Å²) in [5.41, 5.74) is 1.68. The Morgan fingerprint density at radius 1 is 1.40 bits per heavy atom. The Bertz CT molecular complexity index is 537. The molecule has 1 unspecified atom stereocenters. The molecule has 0 spiro atoms. The number of rotatable bonds is 8. The lowest BCUT2D eigenvalue weighted by molar-refractivity contribution is 0.0888. The Hall–Kier alpha value is -0.930. The lowest BCUT2D eigenvalue weighted by atomic mass is 10.1. The van der Waals surface area contributed by atoms with Gasteiger partial charge in [0.05, 0.1) is 13.2 Å². The molecule has 0 saturated carbocycles. The van der Waals surface area contributed by atoms with Crippen LogP contribution in [0.15, 0.2) is 23.2 Å². The van der Waals surface area contributed by atoms with E-state index in [1.54, 1.807) is 20.0 Å². The second kappa shape index (κ2) is 12.4. The van der Waals surface area contributed by atoms with E-state index >= 15 is 0 Å². The molecule has 1 fully saturated rings. The summed E-state index contributed by atoms with van der Waals surface area (Å²) < 4.78 is 24.2. The number of hydrogen-bond acceptors (Lipinski definition) is 3. The summed E-state index contributed by atoms with van der Waals surface area (Å²) in [6.45, 7) is 6.39. The van der Waals surface area contributed by atoms with Gasteiger partial charge in [0.1, 0.15) is 5.82 Å². The molecular weight excluding hydrogens is 436 g/mol. The summed E-state index contributed by atoms with van der Waals surface area (Å²) in [6.07, 6.45) is 2.03. The van der Waals surface area contributed by atoms with Crippen LogP contribution in [0.4, 0.5) is 4.39 Å². The van der Waals surface area contributed by atoms with E-state index in [2.05, 4.69) is 15.6 Å². The standard InChI is InChI=1S/C18H28FN3O2.HI/c1-14-10-15(4-5-17(14)19)11-22-18(20-2)21-7-3-8-23-12-16-6-9-24-13-16;/h4-5,10,16H,3,6-9,11-13H2,1-2H3,(H2,20,21,22);1H. The predicted molar refractivity (Wildman–Crippen MR) is 109 cm³/mol. The van der Waals surface area contributed by atoms with Gasteiger partial charge in [-0.2, -0.15) is 0 Å². The van der Waals surface area contributed by atoms with E-state index < -0.39 is 0 Å². The molecule has 0 radical (unpaired) electrons. The fraction of sp³-hybridized carbons (Fsp3) is 0.611. The number of nitrogens with zero attached hydrogens (tertiary/aromatic N) is 1. The summed E-state index contributed by atoms with van der Waals surface area (Å²) in [5.74, 6) is 1.12. The summed E-state index contributed by atoms with van der Waals surface area (Å²) in [6, 6.07) is 5.12. The molecule has 1 aliphatic heterocycles. The van der Waals surface area contributed by atoms with Gasteiger partial charge in [0.15, 0.2) is 5.96 Å². The number of halogens is 2. The first-order valence-electron chi connectivity index (χ1n) is 8.54. The van der Waals surface area contributed by atoms with E-state index in [0.717, 1.165) is 57.3 Å². The molecule has 0 aromatic heterocycles. The van der Waals surface area contributed by atoms with Crippen LogP contribution in [0.5, 0.6) is 0 Å². The van der Waals surface area contributed by atoms with Crippen LogP contribution < -0.4 is 10.6 Å². The highest BCUT2D eigenvalue weighted by Gasteiger charge is 2.15. The highest BCUT2D eigenvalue weighted by atomic mass is 127. The Kier molecular flexibility index (Phi) is 11.0. The maximum Gasteiger partial charge on any atom is 0.191 e. The van der Waals surface area contributed by atoms with Gasteiger partial charge in [0, 0.05) is 39.3 Å². The number of aryl methyl sites for hydroxylation is 1. The van der Waals surface area contributed by atoms with Gasteiger partial charge >= 0.3 is 0 Å². The zero-order valence-electron chi connectivity index (χ0n) is 15.0. The van der Waals surface area contributed by atoms with Crippen molar-refractivity contribution in [3.05, 3.63) is 35.1 Å². The molecule has 1 aromatic carbocycles. The first kappa shape index (κ1) is 22.1. The van der Waals surface area contributed by atoms with Gasteiger partial charge in [-0.3, -0.25) is 4.99 Å². The van der Waals surface area contributed by atoms with Gasteiger partial charge < -0.3 is 20.1 Å². The van der Waals surface area contributed by atoms with Crippen molar-refractivity contribution in [1.82, 2.24) is 10.6 Å². The minimum Gasteiger partial charge on any atom is -0.381 e. The lowest BCUT2D eigenvalue weighted by Gasteiger charge is -2.13. The van der Waals surface area contributed by atoms with Crippen LogP contribution in [0.3, 0.4) is 0 Å². The van der Waals surface area contributed by atoms with Crippen molar-refractivity contribution in [3.8, 4) is 0 Å². The molecule has 5 nitrogen and oxygen atoms in total. The molecule has 1 aromatic rings. The van der Waals surface area contributed by atoms with Crippen molar-refractivity contribution in [2.75, 3.05) is 40.0 Å². The molecule has 1 heterocycles. The van der Waals surface area contributed by atoms with Crippen LogP contribution >= 0.6 is 24.0 Å². The summed E-state index contributed by atoms with van der Waals surface area (Å²) >= 11 is 0. The minimum atomic E-state index is -0.176. The topological polar surface area (TPSA) is 54.9 Å². The van der Waals surface area contributed by atoms with Crippen molar-refractivity contribution < 1.29 is 13.9 Å². The monoisotopic (exact) mass is 465 g/mol. The van der Waals surface area contributed by atoms with Crippen LogP contribution in [0, 0.1) is 18.7 Å². The van der Waals surface area contributed by atoms with Gasteiger partial charge in [0.25, 0.3) is 0 Å². The Labute approximate surface area is 166 Å². The zero-order valence-corrected chi connectivity index (χ0v) is 17.3. The zero-order chi connectivity index (χ0) is 17.2. The van der Waals surface area contributed by atoms with Crippen molar-refractivity contribution >= 4 is 29.9 Å². The molecule has 0 aliphatic carbocycles. The summed E-state index contributed by atoms with van der Waals surface area (Å²) in [4.78, 5) is 4.19. The molecule has 0 amide bonds. The molecular formula is C18H29FIN3O2. The van der Waals surface area contributed by atoms with Crippen molar-refractivity contribution in [2.24, 2.45) is 10.9 Å². The van der Waals surface area contributed by atoms with E-state index in [1.807, 2.05) is 6.07 Å². The number of ether oxygens (including phenoxy) is 2. The second-order valence-corrected chi connectivity index (χ2v) is 6.09. The average molecular weight is 465 g/mol. The molecule has 2 N–H and O–H groups in total. The van der Waals surface area contributed by atoms with Gasteiger partial charge in [-0.05, 0) is 37.0 Å². The molecule has 25 heavy (non-hydrogen) atoms. The third-order valence-electron chi connectivity index (χ3n) is 4.04. The van der Waals surface area contributed by atoms with Crippen molar-refractivity contribution in [2.45, 2.75) is 26.3 Å². The number of nitrogens with one attached hydrogen (secondary N) is 2. The van der Waals surface area contributed by atoms with Crippen LogP contribution in [-0.4, -0.2) is 46.0 Å². The molecule has 2 rings (SSSR count). The fourth-order valence-electron chi connectivity index (χ4n) is 2.57. The Morgan fingerprint density at radius 2 is 2.24 bits per heavy atom. The largest absolute Gasteiger partial charge is 0.381 e. The number of aliphatic imine (C=N–C) groups is 1. The maximum absolute atomic E-state index is 13.3. The first-order valence-corrected chi connectivity index (χ1v) is 8.54. The highest BCUT2D eigenvalue weighted by Crippen LogP contribution is 2.12. The normalized spacial score (nSPS) is 17.2. The SMILES string of the molecule is CN=C(NCCCOCC1CCOC1)NCc1ccc(F)c(C)c1.I. The van der Waals surface area contributed by atoms with Gasteiger partial charge in [-0.1, -0.05) is 12.1 Å². The summed E-state index contributed by atoms with van der Waals surface area (Å²) in [7, 11) is 1.74. The van der Waals surface area contributed by atoms with Crippen molar-refractivity contribution in [1.29, 1.82) is 0 Å². The van der Waals surface area contributed by atoms with E-state index in [-0.39, 0.29) is 29.8 Å². The van der Waals surface area contributed by atoms with Crippen molar-refractivity contribution in [3.63, 3.8) is 0 Å². The first-order chi connectivity index (χ1) is 11.7. The smallest absolute Gasteiger partial charge is 0.191 e. The Morgan fingerprint density at radius 3 is 2.92 bits per heavy atom. The molecule has 1 aliphatic rings. The molecule has 142 valence electrons. The second-order valence-electron chi connectivity index (χ2n) is 6.09. The third kappa shape index (κ3) is 8.33. The van der Waals surface area contributed by atoms with Crippen LogP contribution in [0.1, 0.15) is 24.0 Å². The highest BCUT2D eigenvalue weighted by molar-refractivity contribution is 14.0. The number of hydrogen-bond donors (Lipinski definition) is 2. The van der Waals surface area contributed by atoms with E-state index in [4.69, 9.17) is 9.47 Å². The van der Waals surface area contributed by atoms with Gasteiger partial charge in [-0.15, -0.1) is 24.0 Å². The number of benzene rings is 1.